The van der Waals surface area contributed by atoms with Crippen LogP contribution >= 0.6 is 11.8 Å². The molecule has 0 radical (unpaired) electrons. The molecule has 0 unspecified atom stereocenters. The van der Waals surface area contributed by atoms with Crippen LogP contribution in [-0.2, 0) is 5.75 Å². The van der Waals surface area contributed by atoms with Gasteiger partial charge in [0.15, 0.2) is 0 Å². The van der Waals surface area contributed by atoms with Gasteiger partial charge in [0, 0.05) is 10.5 Å². The van der Waals surface area contributed by atoms with Gasteiger partial charge in [0.1, 0.15) is 5.75 Å². The Balaban J connectivity index is 2.54. The fourth-order valence-electron chi connectivity index (χ4n) is 1.05. The predicted octanol–water partition coefficient (Wildman–Crippen LogP) is 3.89. The summed E-state index contributed by atoms with van der Waals surface area (Å²) in [5, 5.41) is 0. The van der Waals surface area contributed by atoms with E-state index in [1.54, 1.807) is 7.11 Å². The average Bonchev–Trinajstić information content (AvgIpc) is 2.27. The van der Waals surface area contributed by atoms with E-state index in [9.17, 15) is 0 Å². The summed E-state index contributed by atoms with van der Waals surface area (Å²) >= 11 is 1.89. The molecule has 1 aromatic rings. The van der Waals surface area contributed by atoms with Crippen molar-refractivity contribution in [2.24, 2.45) is 0 Å². The molecule has 0 spiro atoms. The highest BCUT2D eigenvalue weighted by molar-refractivity contribution is 8.00. The van der Waals surface area contributed by atoms with Crippen LogP contribution in [0.5, 0.6) is 5.75 Å². The van der Waals surface area contributed by atoms with Gasteiger partial charge in [-0.3, -0.25) is 0 Å². The Kier molecular flexibility index (Phi) is 4.28. The molecule has 0 N–H and O–H groups in total. The molecule has 0 saturated carbocycles. The highest BCUT2D eigenvalue weighted by Crippen LogP contribution is 2.29. The van der Waals surface area contributed by atoms with Crippen molar-refractivity contribution in [2.75, 3.05) is 7.11 Å². The maximum absolute atomic E-state index is 5.11. The molecule has 2 heteroatoms. The minimum Gasteiger partial charge on any atom is -0.497 e. The number of hydrogen-bond donors (Lipinski definition) is 0. The molecule has 0 aliphatic rings. The van der Waals surface area contributed by atoms with E-state index in [1.807, 2.05) is 30.0 Å². The molecule has 0 aliphatic heterocycles. The molecule has 82 valence electrons. The summed E-state index contributed by atoms with van der Waals surface area (Å²) in [4.78, 5) is 0. The molecule has 0 fully saturated rings. The largest absolute Gasteiger partial charge is 0.497 e. The summed E-state index contributed by atoms with van der Waals surface area (Å²) in [7, 11) is 1.69. The maximum atomic E-state index is 5.11. The van der Waals surface area contributed by atoms with Crippen molar-refractivity contribution in [1.29, 1.82) is 0 Å². The van der Waals surface area contributed by atoms with Crippen LogP contribution in [0.25, 0.3) is 0 Å². The Labute approximate surface area is 96.5 Å². The first-order valence-electron chi connectivity index (χ1n) is 4.98. The monoisotopic (exact) mass is 222 g/mol. The van der Waals surface area contributed by atoms with Gasteiger partial charge in [0.05, 0.1) is 7.11 Å². The molecule has 1 rings (SSSR count). The van der Waals surface area contributed by atoms with Gasteiger partial charge in [-0.1, -0.05) is 18.2 Å². The molecule has 0 saturated heterocycles. The summed E-state index contributed by atoms with van der Waals surface area (Å²) in [6.07, 6.45) is 1.99. The van der Waals surface area contributed by atoms with Crippen molar-refractivity contribution >= 4 is 11.8 Å². The Morgan fingerprint density at radius 1 is 1.33 bits per heavy atom. The summed E-state index contributed by atoms with van der Waals surface area (Å²) in [5.74, 6) is 1.91. The van der Waals surface area contributed by atoms with Gasteiger partial charge in [-0.2, -0.15) is 0 Å². The van der Waals surface area contributed by atoms with E-state index in [2.05, 4.69) is 32.6 Å². The predicted molar refractivity (Wildman–Crippen MR) is 68.6 cm³/mol. The van der Waals surface area contributed by atoms with Gasteiger partial charge >= 0.3 is 0 Å². The lowest BCUT2D eigenvalue weighted by Crippen LogP contribution is -2.09. The quantitative estimate of drug-likeness (QED) is 0.699. The fraction of sp³-hybridized carbons (Fsp3) is 0.385. The topological polar surface area (TPSA) is 9.23 Å². The van der Waals surface area contributed by atoms with E-state index >= 15 is 0 Å². The highest BCUT2D eigenvalue weighted by atomic mass is 32.2. The van der Waals surface area contributed by atoms with Crippen LogP contribution in [0.4, 0.5) is 0 Å². The van der Waals surface area contributed by atoms with Crippen molar-refractivity contribution < 1.29 is 4.74 Å². The molecular formula is C13H18OS. The van der Waals surface area contributed by atoms with Gasteiger partial charge in [-0.25, -0.2) is 0 Å². The first kappa shape index (κ1) is 12.2. The molecule has 0 aromatic heterocycles. The first-order chi connectivity index (χ1) is 7.07. The normalized spacial score (nSPS) is 11.1. The van der Waals surface area contributed by atoms with E-state index < -0.39 is 0 Å². The van der Waals surface area contributed by atoms with Gasteiger partial charge in [-0.15, -0.1) is 18.3 Å². The standard InChI is InChI=1S/C13H18OS/c1-5-13(2,3)15-10-11-6-8-12(14-4)9-7-11/h5-9H,1,10H2,2-4H3. The van der Waals surface area contributed by atoms with Crippen molar-refractivity contribution in [1.82, 2.24) is 0 Å². The molecule has 1 nitrogen and oxygen atoms in total. The molecule has 0 aliphatic carbocycles. The lowest BCUT2D eigenvalue weighted by atomic mass is 10.2. The van der Waals surface area contributed by atoms with Crippen LogP contribution in [-0.4, -0.2) is 11.9 Å². The Morgan fingerprint density at radius 3 is 2.40 bits per heavy atom. The zero-order valence-corrected chi connectivity index (χ0v) is 10.4. The zero-order valence-electron chi connectivity index (χ0n) is 9.62. The third kappa shape index (κ3) is 4.00. The number of benzene rings is 1. The minimum atomic E-state index is 0.139. The number of hydrogen-bond acceptors (Lipinski definition) is 2. The van der Waals surface area contributed by atoms with Crippen LogP contribution in [0.1, 0.15) is 19.4 Å². The van der Waals surface area contributed by atoms with Crippen molar-refractivity contribution in [2.45, 2.75) is 24.3 Å². The number of methoxy groups -OCH3 is 1. The van der Waals surface area contributed by atoms with E-state index in [0.29, 0.717) is 0 Å². The summed E-state index contributed by atoms with van der Waals surface area (Å²) in [6.45, 7) is 8.18. The lowest BCUT2D eigenvalue weighted by Gasteiger charge is -2.18. The summed E-state index contributed by atoms with van der Waals surface area (Å²) in [6, 6.07) is 8.20. The fourth-order valence-corrected chi connectivity index (χ4v) is 1.90. The van der Waals surface area contributed by atoms with E-state index in [-0.39, 0.29) is 4.75 Å². The van der Waals surface area contributed by atoms with Crippen LogP contribution < -0.4 is 4.74 Å². The Morgan fingerprint density at radius 2 is 1.93 bits per heavy atom. The second-order valence-electron chi connectivity index (χ2n) is 3.94. The third-order valence-electron chi connectivity index (χ3n) is 2.26. The second-order valence-corrected chi connectivity index (χ2v) is 5.57. The molecule has 1 aromatic carbocycles. The first-order valence-corrected chi connectivity index (χ1v) is 5.96. The third-order valence-corrected chi connectivity index (χ3v) is 3.65. The van der Waals surface area contributed by atoms with E-state index in [1.165, 1.54) is 5.56 Å². The Hall–Kier alpha value is -0.890. The van der Waals surface area contributed by atoms with E-state index in [0.717, 1.165) is 11.5 Å². The van der Waals surface area contributed by atoms with Gasteiger partial charge in [0.2, 0.25) is 0 Å². The smallest absolute Gasteiger partial charge is 0.118 e. The number of thioether (sulfide) groups is 1. The van der Waals surface area contributed by atoms with Crippen LogP contribution in [0.15, 0.2) is 36.9 Å². The number of rotatable bonds is 5. The molecule has 0 bridgehead atoms. The highest BCUT2D eigenvalue weighted by Gasteiger charge is 2.12. The maximum Gasteiger partial charge on any atom is 0.118 e. The molecule has 0 amide bonds. The summed E-state index contributed by atoms with van der Waals surface area (Å²) < 4.78 is 5.25. The molecular weight excluding hydrogens is 204 g/mol. The summed E-state index contributed by atoms with van der Waals surface area (Å²) in [5.41, 5.74) is 1.32. The van der Waals surface area contributed by atoms with Crippen molar-refractivity contribution in [3.63, 3.8) is 0 Å². The molecule has 0 atom stereocenters. The van der Waals surface area contributed by atoms with Gasteiger partial charge in [0.25, 0.3) is 0 Å². The van der Waals surface area contributed by atoms with Crippen LogP contribution in [0.3, 0.4) is 0 Å². The van der Waals surface area contributed by atoms with Crippen LogP contribution in [0.2, 0.25) is 0 Å². The zero-order chi connectivity index (χ0) is 11.3. The lowest BCUT2D eigenvalue weighted by molar-refractivity contribution is 0.414. The molecule has 0 heterocycles. The van der Waals surface area contributed by atoms with Crippen molar-refractivity contribution in [3.05, 3.63) is 42.5 Å². The average molecular weight is 222 g/mol. The van der Waals surface area contributed by atoms with Crippen LogP contribution in [0, 0.1) is 0 Å². The van der Waals surface area contributed by atoms with E-state index in [4.69, 9.17) is 4.74 Å². The SMILES string of the molecule is C=CC(C)(C)SCc1ccc(OC)cc1. The minimum absolute atomic E-state index is 0.139. The molecule has 15 heavy (non-hydrogen) atoms. The number of ether oxygens (including phenoxy) is 1. The van der Waals surface area contributed by atoms with Gasteiger partial charge < -0.3 is 4.74 Å². The Bertz CT molecular complexity index is 314. The second kappa shape index (κ2) is 5.26. The van der Waals surface area contributed by atoms with Crippen molar-refractivity contribution in [3.8, 4) is 5.75 Å². The van der Waals surface area contributed by atoms with Gasteiger partial charge in [-0.05, 0) is 31.5 Å².